The maximum atomic E-state index is 6.22. The number of anilines is 1. The zero-order valence-electron chi connectivity index (χ0n) is 9.87. The summed E-state index contributed by atoms with van der Waals surface area (Å²) in [5.41, 5.74) is 3.13. The van der Waals surface area contributed by atoms with Crippen LogP contribution < -0.4 is 5.32 Å². The van der Waals surface area contributed by atoms with E-state index in [1.165, 1.54) is 0 Å². The largest absolute Gasteiger partial charge is 0.371 e. The summed E-state index contributed by atoms with van der Waals surface area (Å²) in [7, 11) is 1.86. The van der Waals surface area contributed by atoms with Crippen LogP contribution in [0.15, 0.2) is 42.5 Å². The summed E-state index contributed by atoms with van der Waals surface area (Å²) in [5, 5.41) is 12.1. The molecule has 2 aromatic carbocycles. The molecule has 0 amide bonds. The number of hydrogen-bond acceptors (Lipinski definition) is 2. The van der Waals surface area contributed by atoms with Gasteiger partial charge in [0, 0.05) is 23.0 Å². The van der Waals surface area contributed by atoms with Crippen molar-refractivity contribution in [3.63, 3.8) is 0 Å². The van der Waals surface area contributed by atoms with Crippen LogP contribution in [0.1, 0.15) is 0 Å². The lowest BCUT2D eigenvalue weighted by Crippen LogP contribution is -1.88. The Hall–Kier alpha value is -2.00. The van der Waals surface area contributed by atoms with Crippen molar-refractivity contribution in [3.05, 3.63) is 47.5 Å². The molecular formula is C14H12ClN3. The molecule has 2 N–H and O–H groups in total. The molecule has 0 aliphatic rings. The zero-order valence-corrected chi connectivity index (χ0v) is 10.6. The molecule has 1 aromatic heterocycles. The fourth-order valence-corrected chi connectivity index (χ4v) is 2.31. The molecule has 3 nitrogen and oxygen atoms in total. The number of aromatic amines is 1. The zero-order chi connectivity index (χ0) is 12.5. The predicted octanol–water partition coefficient (Wildman–Crippen LogP) is 3.93. The number of hydrogen-bond donors (Lipinski definition) is 2. The van der Waals surface area contributed by atoms with Crippen LogP contribution in [0.5, 0.6) is 0 Å². The van der Waals surface area contributed by atoms with Gasteiger partial charge in [-0.05, 0) is 23.8 Å². The van der Waals surface area contributed by atoms with Crippen LogP contribution in [0.4, 0.5) is 5.82 Å². The highest BCUT2D eigenvalue weighted by Crippen LogP contribution is 2.31. The topological polar surface area (TPSA) is 40.7 Å². The molecular weight excluding hydrogens is 246 g/mol. The van der Waals surface area contributed by atoms with Crippen molar-refractivity contribution in [2.24, 2.45) is 0 Å². The van der Waals surface area contributed by atoms with Gasteiger partial charge in [-0.1, -0.05) is 35.9 Å². The molecule has 0 fully saturated rings. The quantitative estimate of drug-likeness (QED) is 0.730. The summed E-state index contributed by atoms with van der Waals surface area (Å²) in [6, 6.07) is 14.0. The van der Waals surface area contributed by atoms with Crippen molar-refractivity contribution < 1.29 is 0 Å². The number of nitrogens with one attached hydrogen (secondary N) is 2. The third-order valence-corrected chi connectivity index (χ3v) is 3.31. The average Bonchev–Trinajstić information content (AvgIpc) is 2.81. The van der Waals surface area contributed by atoms with E-state index in [1.54, 1.807) is 0 Å². The van der Waals surface area contributed by atoms with E-state index >= 15 is 0 Å². The highest BCUT2D eigenvalue weighted by molar-refractivity contribution is 6.33. The first-order valence-electron chi connectivity index (χ1n) is 5.70. The van der Waals surface area contributed by atoms with E-state index in [9.17, 15) is 0 Å². The molecule has 0 saturated carbocycles. The minimum absolute atomic E-state index is 0.756. The molecule has 0 aliphatic carbocycles. The van der Waals surface area contributed by atoms with E-state index < -0.39 is 0 Å². The Morgan fingerprint density at radius 3 is 2.78 bits per heavy atom. The van der Waals surface area contributed by atoms with E-state index in [2.05, 4.69) is 21.6 Å². The number of fused-ring (bicyclic) bond motifs is 1. The fraction of sp³-hybridized carbons (Fsp3) is 0.0714. The Bertz CT molecular complexity index is 703. The molecule has 3 aromatic rings. The molecule has 0 bridgehead atoms. The Balaban J connectivity index is 2.21. The number of benzene rings is 2. The highest BCUT2D eigenvalue weighted by atomic mass is 35.5. The van der Waals surface area contributed by atoms with E-state index in [0.717, 1.165) is 32.9 Å². The van der Waals surface area contributed by atoms with Crippen molar-refractivity contribution in [1.29, 1.82) is 0 Å². The van der Waals surface area contributed by atoms with Gasteiger partial charge in [-0.3, -0.25) is 5.10 Å². The van der Waals surface area contributed by atoms with Gasteiger partial charge in [-0.15, -0.1) is 0 Å². The summed E-state index contributed by atoms with van der Waals surface area (Å²) < 4.78 is 0. The van der Waals surface area contributed by atoms with Gasteiger partial charge in [-0.25, -0.2) is 0 Å². The van der Waals surface area contributed by atoms with Crippen LogP contribution in [-0.2, 0) is 0 Å². The van der Waals surface area contributed by atoms with E-state index in [4.69, 9.17) is 11.6 Å². The lowest BCUT2D eigenvalue weighted by atomic mass is 10.0. The highest BCUT2D eigenvalue weighted by Gasteiger charge is 2.07. The number of nitrogens with zero attached hydrogens (tertiary/aromatic N) is 1. The van der Waals surface area contributed by atoms with Crippen LogP contribution in [0.3, 0.4) is 0 Å². The van der Waals surface area contributed by atoms with Gasteiger partial charge in [0.05, 0.1) is 5.52 Å². The Kier molecular flexibility index (Phi) is 2.68. The van der Waals surface area contributed by atoms with Crippen LogP contribution in [0, 0.1) is 0 Å². The first-order valence-corrected chi connectivity index (χ1v) is 6.08. The minimum Gasteiger partial charge on any atom is -0.371 e. The second-order valence-electron chi connectivity index (χ2n) is 4.06. The lowest BCUT2D eigenvalue weighted by Gasteiger charge is -2.04. The van der Waals surface area contributed by atoms with Gasteiger partial charge in [0.15, 0.2) is 5.82 Å². The Morgan fingerprint density at radius 2 is 2.00 bits per heavy atom. The van der Waals surface area contributed by atoms with Crippen molar-refractivity contribution in [3.8, 4) is 11.1 Å². The van der Waals surface area contributed by atoms with Crippen LogP contribution >= 0.6 is 11.6 Å². The number of aromatic nitrogens is 2. The van der Waals surface area contributed by atoms with Gasteiger partial charge < -0.3 is 5.32 Å². The fourth-order valence-electron chi connectivity index (χ4n) is 2.07. The van der Waals surface area contributed by atoms with E-state index in [-0.39, 0.29) is 0 Å². The summed E-state index contributed by atoms with van der Waals surface area (Å²) in [6.07, 6.45) is 0. The standard InChI is InChI=1S/C14H12ClN3/c1-16-14-11-8-9(6-7-13(11)17-18-14)10-4-2-3-5-12(10)15/h2-8H,1H3,(H2,16,17,18). The molecule has 0 radical (unpaired) electrons. The van der Waals surface area contributed by atoms with Crippen molar-refractivity contribution >= 4 is 28.3 Å². The van der Waals surface area contributed by atoms with Gasteiger partial charge in [0.1, 0.15) is 0 Å². The maximum Gasteiger partial charge on any atom is 0.155 e. The normalized spacial score (nSPS) is 10.8. The van der Waals surface area contributed by atoms with Crippen LogP contribution in [0.25, 0.3) is 22.0 Å². The van der Waals surface area contributed by atoms with E-state index in [0.29, 0.717) is 0 Å². The molecule has 0 aliphatic heterocycles. The molecule has 0 saturated heterocycles. The lowest BCUT2D eigenvalue weighted by molar-refractivity contribution is 1.11. The molecule has 0 atom stereocenters. The number of rotatable bonds is 2. The first-order chi connectivity index (χ1) is 8.79. The van der Waals surface area contributed by atoms with Crippen molar-refractivity contribution in [2.45, 2.75) is 0 Å². The van der Waals surface area contributed by atoms with Gasteiger partial charge in [-0.2, -0.15) is 5.10 Å². The van der Waals surface area contributed by atoms with Crippen molar-refractivity contribution in [2.75, 3.05) is 12.4 Å². The maximum absolute atomic E-state index is 6.22. The molecule has 4 heteroatoms. The summed E-state index contributed by atoms with van der Waals surface area (Å²) in [6.45, 7) is 0. The molecule has 1 heterocycles. The van der Waals surface area contributed by atoms with Crippen molar-refractivity contribution in [1.82, 2.24) is 10.2 Å². The molecule has 3 rings (SSSR count). The second-order valence-corrected chi connectivity index (χ2v) is 4.47. The Morgan fingerprint density at radius 1 is 1.17 bits per heavy atom. The molecule has 0 spiro atoms. The van der Waals surface area contributed by atoms with Crippen LogP contribution in [0.2, 0.25) is 5.02 Å². The average molecular weight is 258 g/mol. The first kappa shape index (κ1) is 11.1. The van der Waals surface area contributed by atoms with Gasteiger partial charge >= 0.3 is 0 Å². The summed E-state index contributed by atoms with van der Waals surface area (Å²) in [4.78, 5) is 0. The number of H-pyrrole nitrogens is 1. The SMILES string of the molecule is CNc1n[nH]c2ccc(-c3ccccc3Cl)cc12. The van der Waals surface area contributed by atoms with Gasteiger partial charge in [0.25, 0.3) is 0 Å². The van der Waals surface area contributed by atoms with E-state index in [1.807, 2.05) is 43.4 Å². The smallest absolute Gasteiger partial charge is 0.155 e. The summed E-state index contributed by atoms with van der Waals surface area (Å²) >= 11 is 6.22. The third-order valence-electron chi connectivity index (χ3n) is 2.98. The monoisotopic (exact) mass is 257 g/mol. The molecule has 18 heavy (non-hydrogen) atoms. The predicted molar refractivity (Wildman–Crippen MR) is 76.1 cm³/mol. The minimum atomic E-state index is 0.756. The number of halogens is 1. The molecule has 90 valence electrons. The molecule has 0 unspecified atom stereocenters. The summed E-state index contributed by atoms with van der Waals surface area (Å²) in [5.74, 6) is 0.846. The second kappa shape index (κ2) is 4.35. The van der Waals surface area contributed by atoms with Crippen LogP contribution in [-0.4, -0.2) is 17.2 Å². The third kappa shape index (κ3) is 1.73. The Labute approximate surface area is 110 Å². The van der Waals surface area contributed by atoms with Gasteiger partial charge in [0.2, 0.25) is 0 Å².